The van der Waals surface area contributed by atoms with Crippen LogP contribution in [-0.2, 0) is 82.7 Å². The molecule has 12 N–H and O–H groups in total. The minimum atomic E-state index is -1.08. The van der Waals surface area contributed by atoms with Gasteiger partial charge in [0, 0.05) is 97.6 Å². The van der Waals surface area contributed by atoms with Crippen molar-refractivity contribution in [3.05, 3.63) is 0 Å². The quantitative estimate of drug-likeness (QED) is 0.138. The van der Waals surface area contributed by atoms with Crippen molar-refractivity contribution in [3.63, 3.8) is 0 Å². The molecule has 0 heterocycles. The number of unbranched alkanes of at least 4 members (excludes halogenated alkanes) is 1. The predicted molar refractivity (Wildman–Crippen MR) is 112 cm³/mol. The second-order valence-electron chi connectivity index (χ2n) is 5.37. The van der Waals surface area contributed by atoms with Gasteiger partial charge in [0.15, 0.2) is 0 Å². The summed E-state index contributed by atoms with van der Waals surface area (Å²) in [6, 6.07) is 0. The number of hydrogen-bond acceptors (Lipinski definition) is 8. The van der Waals surface area contributed by atoms with Crippen molar-refractivity contribution in [3.8, 4) is 0 Å². The molecule has 0 saturated carbocycles. The average molecular weight is 1380 g/mol. The first-order valence-electron chi connectivity index (χ1n) is 8.97. The minimum Gasteiger partial charge on any atom is -0.550 e. The number of aliphatic hydroxyl groups excluding tert-OH is 6. The van der Waals surface area contributed by atoms with Gasteiger partial charge in [0.1, 0.15) is 0 Å². The first-order valence-corrected chi connectivity index (χ1v) is 8.97. The number of aliphatic hydroxyl groups is 6. The molecule has 0 radical (unpaired) electrons. The van der Waals surface area contributed by atoms with Gasteiger partial charge in [-0.2, -0.15) is 0 Å². The topological polar surface area (TPSA) is 256 Å². The third-order valence-electron chi connectivity index (χ3n) is 2.75. The Morgan fingerprint density at radius 3 is 1.14 bits per heavy atom. The van der Waals surface area contributed by atoms with Crippen LogP contribution in [0.25, 0.3) is 0 Å². The molecule has 17 heteroatoms. The van der Waals surface area contributed by atoms with Crippen LogP contribution < -0.4 is 5.11 Å². The van der Waals surface area contributed by atoms with E-state index in [0.717, 1.165) is 20.5 Å². The monoisotopic (exact) mass is 1380 g/mol. The zero-order valence-electron chi connectivity index (χ0n) is 21.7. The predicted octanol–water partition coefficient (Wildman–Crippen LogP) is -2.82. The third kappa shape index (κ3) is 181. The molecule has 0 fully saturated rings. The van der Waals surface area contributed by atoms with Crippen LogP contribution in [0.15, 0.2) is 0 Å². The Morgan fingerprint density at radius 2 is 1.06 bits per heavy atom. The van der Waals surface area contributed by atoms with Gasteiger partial charge >= 0.3 is 0 Å². The van der Waals surface area contributed by atoms with E-state index in [1.165, 1.54) is 26.2 Å². The molecule has 0 rings (SSSR count). The van der Waals surface area contributed by atoms with Crippen LogP contribution in [0.4, 0.5) is 0 Å². The Morgan fingerprint density at radius 1 is 0.771 bits per heavy atom. The standard InChI is InChI=1S/C8H18O.C4H10O2.C3H8O2.C2H4O2.CH4O.3H2O.2Rf.4Ru/c1-3-5-6-8(4-2)7-9;1-2-4(6)3-5;1-3(5)2-4;1-2(3)4;1-2;;;;;;;;;/h8-9H,3-7H2,1-2H3;4-6H,2-3H2,1H3;3-5H,2H2,1H3;1H3,(H,3,4);2H,1H3;3*1H2;;;;;;/p-1. The molecule has 0 bridgehead atoms. The van der Waals surface area contributed by atoms with Crippen molar-refractivity contribution in [2.24, 2.45) is 5.92 Å². The zero-order valence-corrected chi connectivity index (χ0v) is 41.5. The Labute approximate surface area is 251 Å². The number of carboxylic acid groups (broad SMARTS) is 1. The van der Waals surface area contributed by atoms with E-state index in [-0.39, 0.29) is 108 Å². The van der Waals surface area contributed by atoms with Crippen LogP contribution in [0.5, 0.6) is 0 Å². The van der Waals surface area contributed by atoms with Gasteiger partial charge < -0.3 is 57.0 Å². The van der Waals surface area contributed by atoms with Crippen molar-refractivity contribution in [2.75, 3.05) is 26.9 Å². The molecule has 35 heavy (non-hydrogen) atoms. The number of aliphatic carboxylic acids is 1. The fraction of sp³-hybridized carbons (Fsp3) is 0.944. The first-order chi connectivity index (χ1) is 12.2. The molecule has 3 atom stereocenters. The zero-order chi connectivity index (χ0) is 22.0. The number of rotatable bonds is 8. The fourth-order valence-corrected chi connectivity index (χ4v) is 1.05. The number of carboxylic acids is 1. The van der Waals surface area contributed by atoms with Gasteiger partial charge in [-0.1, -0.05) is 40.0 Å². The van der Waals surface area contributed by atoms with E-state index >= 15 is 0 Å². The average Bonchev–Trinajstić information content (AvgIpc) is 2.64. The van der Waals surface area contributed by atoms with E-state index in [4.69, 9.17) is 40.5 Å². The molecule has 224 valence electrons. The van der Waals surface area contributed by atoms with Crippen LogP contribution >= 0.6 is 0 Å². The molecule has 0 aliphatic rings. The summed E-state index contributed by atoms with van der Waals surface area (Å²) in [6.45, 7) is 8.76. The number of carbonyl (C=O) groups is 1. The molecule has 0 aliphatic carbocycles. The summed E-state index contributed by atoms with van der Waals surface area (Å²) < 4.78 is 0. The van der Waals surface area contributed by atoms with E-state index in [1.54, 1.807) is 0 Å². The molecule has 0 amide bonds. The van der Waals surface area contributed by atoms with Gasteiger partial charge in [0.25, 0.3) is 0 Å². The van der Waals surface area contributed by atoms with Crippen LogP contribution in [-0.4, -0.2) is 92.2 Å². The SMILES string of the molecule is CC(=O)[O-].CC(O)CO.CCC(O)CO.CCCCC(CC)CO.CO.O.O.O.[Rf].[Rf].[Ru].[Ru].[Ru].[Ru]. The summed E-state index contributed by atoms with van der Waals surface area (Å²) in [5.74, 6) is -0.523. The van der Waals surface area contributed by atoms with E-state index in [1.807, 2.05) is 6.92 Å². The summed E-state index contributed by atoms with van der Waals surface area (Å²) >= 11 is 0. The van der Waals surface area contributed by atoms with Crippen molar-refractivity contribution >= 4 is 5.97 Å². The maximum Gasteiger partial charge on any atom is 0.0768 e. The Hall–Kier alpha value is -0.396. The summed E-state index contributed by atoms with van der Waals surface area (Å²) in [6.07, 6.45) is 4.39. The summed E-state index contributed by atoms with van der Waals surface area (Å²) in [7, 11) is 1.00. The van der Waals surface area contributed by atoms with Crippen LogP contribution in [0, 0.1) is 5.92 Å². The molecule has 0 aromatic heterocycles. The summed E-state index contributed by atoms with van der Waals surface area (Å²) in [5, 5.41) is 57.1. The van der Waals surface area contributed by atoms with Gasteiger partial charge in [0.05, 0.1) is 25.4 Å². The Bertz CT molecular complexity index is 246. The van der Waals surface area contributed by atoms with Crippen LogP contribution in [0.2, 0.25) is 0 Å². The molecule has 0 saturated heterocycles. The second-order valence-corrected chi connectivity index (χ2v) is 5.37. The minimum absolute atomic E-state index is 0. The van der Waals surface area contributed by atoms with Crippen LogP contribution in [0.3, 0.4) is 0 Å². The van der Waals surface area contributed by atoms with Crippen molar-refractivity contribution in [1.82, 2.24) is 0 Å². The van der Waals surface area contributed by atoms with Crippen molar-refractivity contribution in [2.45, 2.75) is 78.9 Å². The first kappa shape index (κ1) is 92.0. The number of carbonyl (C=O) groups excluding carboxylic acids is 1. The van der Waals surface area contributed by atoms with E-state index < -0.39 is 18.2 Å². The number of hydrogen-bond donors (Lipinski definition) is 6. The smallest absolute Gasteiger partial charge is 0.0768 e. The van der Waals surface area contributed by atoms with Gasteiger partial charge in [-0.15, -0.1) is 0 Å². The molecular formula is C18H49O11Rf2Ru4-. The third-order valence-corrected chi connectivity index (χ3v) is 2.75. The molecule has 0 spiro atoms. The molecule has 11 nitrogen and oxygen atoms in total. The maximum absolute atomic E-state index is 8.89. The normalized spacial score (nSPS) is 9.03. The molecule has 0 aliphatic heterocycles. The van der Waals surface area contributed by atoms with Crippen molar-refractivity contribution in [1.29, 1.82) is 0 Å². The summed E-state index contributed by atoms with van der Waals surface area (Å²) in [4.78, 5) is 8.89. The van der Waals surface area contributed by atoms with E-state index in [2.05, 4.69) is 13.8 Å². The van der Waals surface area contributed by atoms with Gasteiger partial charge in [-0.3, -0.25) is 0 Å². The summed E-state index contributed by atoms with van der Waals surface area (Å²) in [5.41, 5.74) is 0. The van der Waals surface area contributed by atoms with Crippen molar-refractivity contribution < 1.29 is 135 Å². The molecule has 0 aromatic rings. The van der Waals surface area contributed by atoms with E-state index in [0.29, 0.717) is 18.9 Å². The fourth-order valence-electron chi connectivity index (χ4n) is 1.05. The second kappa shape index (κ2) is 92.9. The van der Waals surface area contributed by atoms with Gasteiger partial charge in [-0.05, 0) is 32.6 Å². The van der Waals surface area contributed by atoms with Crippen LogP contribution in [0.1, 0.15) is 66.7 Å². The van der Waals surface area contributed by atoms with Gasteiger partial charge in [-0.25, -0.2) is 0 Å². The Balaban J connectivity index is -0.0000000130. The molecular weight excluding hydrogens is 1330 g/mol. The Kier molecular flexibility index (Phi) is 244. The molecule has 3 unspecified atom stereocenters. The van der Waals surface area contributed by atoms with Gasteiger partial charge in [0.2, 0.25) is 0 Å². The van der Waals surface area contributed by atoms with E-state index in [9.17, 15) is 0 Å². The largest absolute Gasteiger partial charge is 0.550 e. The maximum atomic E-state index is 8.89. The molecule has 0 aromatic carbocycles.